The molecule has 1 saturated heterocycles. The average Bonchev–Trinajstić information content (AvgIpc) is 2.87. The largest absolute Gasteiger partial charge is 0.376 e. The Hall–Kier alpha value is -0.650. The zero-order valence-corrected chi connectivity index (χ0v) is 11.2. The highest BCUT2D eigenvalue weighted by Gasteiger charge is 2.15. The van der Waals surface area contributed by atoms with Crippen molar-refractivity contribution < 1.29 is 14.4 Å². The summed E-state index contributed by atoms with van der Waals surface area (Å²) in [5.41, 5.74) is 7.88. The lowest BCUT2D eigenvalue weighted by atomic mass is 10.1. The van der Waals surface area contributed by atoms with Crippen LogP contribution in [0.25, 0.3) is 0 Å². The lowest BCUT2D eigenvalue weighted by Gasteiger charge is -2.10. The van der Waals surface area contributed by atoms with Gasteiger partial charge in [-0.3, -0.25) is 9.63 Å². The van der Waals surface area contributed by atoms with Gasteiger partial charge in [-0.15, -0.1) is 0 Å². The number of unbranched alkanes of at least 4 members (excludes halogenated alkanes) is 4. The Bertz CT molecular complexity index is 218. The molecule has 0 radical (unpaired) electrons. The van der Waals surface area contributed by atoms with Crippen molar-refractivity contribution in [1.82, 2.24) is 5.48 Å². The van der Waals surface area contributed by atoms with E-state index in [-0.39, 0.29) is 12.0 Å². The number of carbonyl (C=O) groups excluding carboxylic acids is 1. The maximum Gasteiger partial charge on any atom is 0.243 e. The molecule has 0 aliphatic carbocycles. The molecule has 1 heterocycles. The van der Waals surface area contributed by atoms with Gasteiger partial charge in [-0.1, -0.05) is 19.3 Å². The second-order valence-corrected chi connectivity index (χ2v) is 4.78. The van der Waals surface area contributed by atoms with E-state index < -0.39 is 0 Å². The molecule has 5 heteroatoms. The fourth-order valence-electron chi connectivity index (χ4n) is 2.00. The van der Waals surface area contributed by atoms with Crippen LogP contribution < -0.4 is 11.2 Å². The zero-order chi connectivity index (χ0) is 13.1. The number of hydrogen-bond acceptors (Lipinski definition) is 4. The van der Waals surface area contributed by atoms with Crippen LogP contribution in [0, 0.1) is 0 Å². The highest BCUT2D eigenvalue weighted by atomic mass is 16.7. The van der Waals surface area contributed by atoms with Gasteiger partial charge < -0.3 is 10.5 Å². The van der Waals surface area contributed by atoms with Crippen LogP contribution in [0.5, 0.6) is 0 Å². The van der Waals surface area contributed by atoms with Crippen LogP contribution in [0.1, 0.15) is 51.4 Å². The van der Waals surface area contributed by atoms with Gasteiger partial charge in [0.15, 0.2) is 0 Å². The molecule has 1 amide bonds. The second-order valence-electron chi connectivity index (χ2n) is 4.78. The van der Waals surface area contributed by atoms with Gasteiger partial charge >= 0.3 is 0 Å². The van der Waals surface area contributed by atoms with Crippen LogP contribution >= 0.6 is 0 Å². The number of ether oxygens (including phenoxy) is 1. The fourth-order valence-corrected chi connectivity index (χ4v) is 2.00. The molecule has 5 nitrogen and oxygen atoms in total. The minimum Gasteiger partial charge on any atom is -0.376 e. The summed E-state index contributed by atoms with van der Waals surface area (Å²) in [6, 6.07) is 0. The molecule has 0 aromatic rings. The fraction of sp³-hybridized carbons (Fsp3) is 0.923. The van der Waals surface area contributed by atoms with Crippen LogP contribution in [0.2, 0.25) is 0 Å². The third kappa shape index (κ3) is 7.63. The van der Waals surface area contributed by atoms with Crippen molar-refractivity contribution in [2.75, 3.05) is 19.8 Å². The first-order valence-electron chi connectivity index (χ1n) is 7.05. The average molecular weight is 258 g/mol. The van der Waals surface area contributed by atoms with Crippen LogP contribution in [0.4, 0.5) is 0 Å². The molecule has 0 spiro atoms. The van der Waals surface area contributed by atoms with E-state index in [0.717, 1.165) is 58.1 Å². The Morgan fingerprint density at radius 3 is 2.78 bits per heavy atom. The molecule has 1 atom stereocenters. The van der Waals surface area contributed by atoms with Crippen molar-refractivity contribution in [3.8, 4) is 0 Å². The molecule has 3 N–H and O–H groups in total. The molecular formula is C13H26N2O3. The number of rotatable bonds is 10. The van der Waals surface area contributed by atoms with Gasteiger partial charge in [0.25, 0.3) is 0 Å². The highest BCUT2D eigenvalue weighted by Crippen LogP contribution is 2.11. The summed E-state index contributed by atoms with van der Waals surface area (Å²) in [4.78, 5) is 16.5. The molecule has 1 fully saturated rings. The monoisotopic (exact) mass is 258 g/mol. The summed E-state index contributed by atoms with van der Waals surface area (Å²) in [5, 5.41) is 0. The summed E-state index contributed by atoms with van der Waals surface area (Å²) >= 11 is 0. The number of hydrogen-bond donors (Lipinski definition) is 2. The van der Waals surface area contributed by atoms with Crippen LogP contribution in [-0.2, 0) is 14.4 Å². The molecule has 18 heavy (non-hydrogen) atoms. The second kappa shape index (κ2) is 10.3. The number of amides is 1. The van der Waals surface area contributed by atoms with Crippen LogP contribution in [0.15, 0.2) is 0 Å². The van der Waals surface area contributed by atoms with Gasteiger partial charge in [0.05, 0.1) is 6.10 Å². The van der Waals surface area contributed by atoms with Gasteiger partial charge in [0.2, 0.25) is 5.91 Å². The van der Waals surface area contributed by atoms with E-state index in [4.69, 9.17) is 15.3 Å². The van der Waals surface area contributed by atoms with Crippen molar-refractivity contribution in [3.63, 3.8) is 0 Å². The van der Waals surface area contributed by atoms with E-state index in [1.807, 2.05) is 0 Å². The normalized spacial score (nSPS) is 19.1. The summed E-state index contributed by atoms with van der Waals surface area (Å²) in [5.74, 6) is -0.0354. The summed E-state index contributed by atoms with van der Waals surface area (Å²) in [7, 11) is 0. The van der Waals surface area contributed by atoms with E-state index in [2.05, 4.69) is 5.48 Å². The predicted molar refractivity (Wildman–Crippen MR) is 69.8 cm³/mol. The van der Waals surface area contributed by atoms with Gasteiger partial charge in [-0.2, -0.15) is 0 Å². The standard InChI is InChI=1S/C13H26N2O3/c14-9-5-3-1-2-4-8-13(16)15-18-11-12-7-6-10-17-12/h12H,1-11,14H2,(H,15,16). The highest BCUT2D eigenvalue weighted by molar-refractivity contribution is 5.74. The molecule has 0 bridgehead atoms. The van der Waals surface area contributed by atoms with Gasteiger partial charge in [-0.05, 0) is 32.2 Å². The smallest absolute Gasteiger partial charge is 0.243 e. The van der Waals surface area contributed by atoms with E-state index in [1.165, 1.54) is 0 Å². The van der Waals surface area contributed by atoms with Crippen molar-refractivity contribution in [2.24, 2.45) is 5.73 Å². The SMILES string of the molecule is NCCCCCCCC(=O)NOCC1CCCO1. The summed E-state index contributed by atoms with van der Waals surface area (Å²) in [6.45, 7) is 2.03. The maximum absolute atomic E-state index is 11.4. The number of nitrogens with two attached hydrogens (primary N) is 1. The van der Waals surface area contributed by atoms with Crippen molar-refractivity contribution >= 4 is 5.91 Å². The van der Waals surface area contributed by atoms with Crippen LogP contribution in [0.3, 0.4) is 0 Å². The van der Waals surface area contributed by atoms with Crippen molar-refractivity contribution in [3.05, 3.63) is 0 Å². The predicted octanol–water partition coefficient (Wildman–Crippen LogP) is 1.51. The Morgan fingerprint density at radius 2 is 2.06 bits per heavy atom. The molecule has 0 aromatic heterocycles. The van der Waals surface area contributed by atoms with E-state index in [0.29, 0.717) is 13.0 Å². The first kappa shape index (κ1) is 15.4. The zero-order valence-electron chi connectivity index (χ0n) is 11.2. The quantitative estimate of drug-likeness (QED) is 0.460. The Balaban J connectivity index is 1.84. The summed E-state index contributed by atoms with van der Waals surface area (Å²) < 4.78 is 5.38. The first-order valence-corrected chi connectivity index (χ1v) is 7.05. The minimum absolute atomic E-state index is 0.0354. The topological polar surface area (TPSA) is 73.6 Å². The number of nitrogens with one attached hydrogen (secondary N) is 1. The Morgan fingerprint density at radius 1 is 1.28 bits per heavy atom. The molecule has 0 saturated carbocycles. The third-order valence-electron chi connectivity index (χ3n) is 3.09. The molecule has 1 unspecified atom stereocenters. The molecule has 1 rings (SSSR count). The van der Waals surface area contributed by atoms with E-state index >= 15 is 0 Å². The van der Waals surface area contributed by atoms with Crippen molar-refractivity contribution in [2.45, 2.75) is 57.5 Å². The van der Waals surface area contributed by atoms with Gasteiger partial charge in [-0.25, -0.2) is 5.48 Å². The van der Waals surface area contributed by atoms with Crippen LogP contribution in [-0.4, -0.2) is 31.8 Å². The lowest BCUT2D eigenvalue weighted by Crippen LogP contribution is -2.27. The third-order valence-corrected chi connectivity index (χ3v) is 3.09. The first-order chi connectivity index (χ1) is 8.83. The number of hydroxylamine groups is 1. The Kier molecular flexibility index (Phi) is 8.81. The Labute approximate surface area is 109 Å². The molecule has 106 valence electrons. The summed E-state index contributed by atoms with van der Waals surface area (Å²) in [6.07, 6.45) is 8.20. The maximum atomic E-state index is 11.4. The lowest BCUT2D eigenvalue weighted by molar-refractivity contribution is -0.136. The molecule has 1 aliphatic heterocycles. The molecule has 0 aromatic carbocycles. The number of carbonyl (C=O) groups is 1. The molecular weight excluding hydrogens is 232 g/mol. The van der Waals surface area contributed by atoms with E-state index in [1.54, 1.807) is 0 Å². The van der Waals surface area contributed by atoms with Crippen molar-refractivity contribution in [1.29, 1.82) is 0 Å². The van der Waals surface area contributed by atoms with Gasteiger partial charge in [0.1, 0.15) is 6.61 Å². The van der Waals surface area contributed by atoms with E-state index in [9.17, 15) is 4.79 Å². The molecule has 1 aliphatic rings. The van der Waals surface area contributed by atoms with Gasteiger partial charge in [0, 0.05) is 13.0 Å². The minimum atomic E-state index is -0.0354.